The van der Waals surface area contributed by atoms with E-state index < -0.39 is 20.5 Å². The van der Waals surface area contributed by atoms with E-state index in [-0.39, 0.29) is 12.5 Å². The largest absolute Gasteiger partial charge is 0.354 e. The van der Waals surface area contributed by atoms with Crippen molar-refractivity contribution in [3.05, 3.63) is 53.4 Å². The average Bonchev–Trinajstić information content (AvgIpc) is 3.02. The molecule has 1 aromatic heterocycles. The number of hydrogen-bond donors (Lipinski definition) is 1. The predicted octanol–water partition coefficient (Wildman–Crippen LogP) is 3.43. The Kier molecular flexibility index (Phi) is 5.26. The van der Waals surface area contributed by atoms with Crippen LogP contribution in [0.1, 0.15) is 31.6 Å². The van der Waals surface area contributed by atoms with Crippen LogP contribution in [0.5, 0.6) is 0 Å². The van der Waals surface area contributed by atoms with Gasteiger partial charge in [-0.05, 0) is 17.0 Å². The molecule has 0 bridgehead atoms. The summed E-state index contributed by atoms with van der Waals surface area (Å²) < 4.78 is 26.1. The van der Waals surface area contributed by atoms with E-state index in [2.05, 4.69) is 5.32 Å². The first-order chi connectivity index (χ1) is 10.7. The highest BCUT2D eigenvalue weighted by atomic mass is 32.2. The minimum atomic E-state index is -3.55. The Balaban J connectivity index is 2.33. The first kappa shape index (κ1) is 17.7. The smallest absolute Gasteiger partial charge is 0.225 e. The molecular formula is C17H21NO3S2. The molecule has 1 atom stereocenters. The highest BCUT2D eigenvalue weighted by Crippen LogP contribution is 2.31. The highest BCUT2D eigenvalue weighted by molar-refractivity contribution is 7.93. The van der Waals surface area contributed by atoms with Gasteiger partial charge < -0.3 is 5.32 Å². The molecule has 0 aliphatic carbocycles. The summed E-state index contributed by atoms with van der Waals surface area (Å²) in [5.74, 6) is -0.167. The van der Waals surface area contributed by atoms with Crippen molar-refractivity contribution in [2.45, 2.75) is 30.2 Å². The van der Waals surface area contributed by atoms with E-state index in [0.717, 1.165) is 0 Å². The van der Waals surface area contributed by atoms with Crippen LogP contribution >= 0.6 is 11.3 Å². The standard InChI is InChI=1S/C17H21NO3S2/c1-17(2,3)16(19)18-12-14(13-8-5-4-6-9-13)23(20,21)15-10-7-11-22-15/h4-11,14H,12H2,1-3H3,(H,18,19)/t14-/m1/s1. The second-order valence-electron chi connectivity index (χ2n) is 6.34. The average molecular weight is 351 g/mol. The lowest BCUT2D eigenvalue weighted by Gasteiger charge is -2.22. The second kappa shape index (κ2) is 6.84. The number of rotatable bonds is 5. The van der Waals surface area contributed by atoms with Gasteiger partial charge in [-0.1, -0.05) is 57.2 Å². The van der Waals surface area contributed by atoms with Crippen LogP contribution in [0.3, 0.4) is 0 Å². The Morgan fingerprint density at radius 2 is 1.78 bits per heavy atom. The number of carbonyl (C=O) groups is 1. The minimum absolute atomic E-state index is 0.0559. The fourth-order valence-electron chi connectivity index (χ4n) is 2.09. The molecule has 0 spiro atoms. The Morgan fingerprint density at radius 3 is 2.30 bits per heavy atom. The van der Waals surface area contributed by atoms with Gasteiger partial charge in [-0.2, -0.15) is 0 Å². The number of amides is 1. The highest BCUT2D eigenvalue weighted by Gasteiger charge is 2.31. The molecule has 1 heterocycles. The van der Waals surface area contributed by atoms with E-state index in [4.69, 9.17) is 0 Å². The Morgan fingerprint density at radius 1 is 1.13 bits per heavy atom. The lowest BCUT2D eigenvalue weighted by Crippen LogP contribution is -2.38. The van der Waals surface area contributed by atoms with Crippen LogP contribution in [0.2, 0.25) is 0 Å². The van der Waals surface area contributed by atoms with Crippen molar-refractivity contribution in [2.75, 3.05) is 6.54 Å². The van der Waals surface area contributed by atoms with Crippen LogP contribution in [-0.2, 0) is 14.6 Å². The molecule has 0 saturated carbocycles. The van der Waals surface area contributed by atoms with Crippen LogP contribution in [0.25, 0.3) is 0 Å². The van der Waals surface area contributed by atoms with E-state index in [1.807, 2.05) is 6.07 Å². The normalized spacial score (nSPS) is 13.5. The molecule has 0 saturated heterocycles. The summed E-state index contributed by atoms with van der Waals surface area (Å²) in [5, 5.41) is 3.72. The van der Waals surface area contributed by atoms with Crippen LogP contribution in [0.15, 0.2) is 52.1 Å². The van der Waals surface area contributed by atoms with Crippen molar-refractivity contribution in [3.8, 4) is 0 Å². The zero-order chi connectivity index (χ0) is 17.1. The number of hydrogen-bond acceptors (Lipinski definition) is 4. The van der Waals surface area contributed by atoms with Gasteiger partial charge in [0.2, 0.25) is 5.91 Å². The zero-order valence-corrected chi connectivity index (χ0v) is 15.1. The van der Waals surface area contributed by atoms with Gasteiger partial charge in [-0.15, -0.1) is 11.3 Å². The molecule has 4 nitrogen and oxygen atoms in total. The fourth-order valence-corrected chi connectivity index (χ4v) is 4.96. The summed E-state index contributed by atoms with van der Waals surface area (Å²) in [7, 11) is -3.55. The monoisotopic (exact) mass is 351 g/mol. The molecule has 1 aromatic carbocycles. The summed E-state index contributed by atoms with van der Waals surface area (Å²) in [6.07, 6.45) is 0. The third-order valence-electron chi connectivity index (χ3n) is 3.45. The number of benzene rings is 1. The third kappa shape index (κ3) is 4.20. The van der Waals surface area contributed by atoms with Gasteiger partial charge in [-0.25, -0.2) is 8.42 Å². The van der Waals surface area contributed by atoms with Crippen molar-refractivity contribution in [1.29, 1.82) is 0 Å². The molecule has 2 aromatic rings. The van der Waals surface area contributed by atoms with Crippen molar-refractivity contribution < 1.29 is 13.2 Å². The van der Waals surface area contributed by atoms with Gasteiger partial charge in [0.25, 0.3) is 0 Å². The van der Waals surface area contributed by atoms with Crippen LogP contribution < -0.4 is 5.32 Å². The third-order valence-corrected chi connectivity index (χ3v) is 6.98. The maximum absolute atomic E-state index is 12.9. The minimum Gasteiger partial charge on any atom is -0.354 e. The topological polar surface area (TPSA) is 63.2 Å². The number of thiophene rings is 1. The van der Waals surface area contributed by atoms with E-state index in [1.54, 1.807) is 62.5 Å². The van der Waals surface area contributed by atoms with Crippen molar-refractivity contribution in [1.82, 2.24) is 5.32 Å². The summed E-state index contributed by atoms with van der Waals surface area (Å²) in [4.78, 5) is 12.1. The molecular weight excluding hydrogens is 330 g/mol. The predicted molar refractivity (Wildman–Crippen MR) is 93.2 cm³/mol. The number of carbonyl (C=O) groups excluding carboxylic acids is 1. The van der Waals surface area contributed by atoms with Crippen LogP contribution in [0.4, 0.5) is 0 Å². The molecule has 6 heteroatoms. The molecule has 2 rings (SSSR count). The quantitative estimate of drug-likeness (QED) is 0.898. The summed E-state index contributed by atoms with van der Waals surface area (Å²) in [6.45, 7) is 5.45. The van der Waals surface area contributed by atoms with Gasteiger partial charge in [0, 0.05) is 12.0 Å². The molecule has 1 N–H and O–H groups in total. The maximum atomic E-state index is 12.9. The molecule has 124 valence electrons. The van der Waals surface area contributed by atoms with Gasteiger partial charge in [0.15, 0.2) is 9.84 Å². The maximum Gasteiger partial charge on any atom is 0.225 e. The van der Waals surface area contributed by atoms with Gasteiger partial charge >= 0.3 is 0 Å². The molecule has 1 amide bonds. The summed E-state index contributed by atoms with van der Waals surface area (Å²) in [5.41, 5.74) is 0.114. The van der Waals surface area contributed by atoms with E-state index in [1.165, 1.54) is 11.3 Å². The van der Waals surface area contributed by atoms with E-state index in [9.17, 15) is 13.2 Å². The first-order valence-corrected chi connectivity index (χ1v) is 9.76. The van der Waals surface area contributed by atoms with Crippen LogP contribution in [-0.4, -0.2) is 20.9 Å². The molecule has 0 radical (unpaired) electrons. The van der Waals surface area contributed by atoms with Crippen molar-refractivity contribution in [2.24, 2.45) is 5.41 Å². The van der Waals surface area contributed by atoms with E-state index >= 15 is 0 Å². The Labute approximate surface area is 141 Å². The second-order valence-corrected chi connectivity index (χ2v) is 9.64. The van der Waals surface area contributed by atoms with Gasteiger partial charge in [-0.3, -0.25) is 4.79 Å². The zero-order valence-electron chi connectivity index (χ0n) is 13.4. The van der Waals surface area contributed by atoms with Crippen molar-refractivity contribution >= 4 is 27.1 Å². The van der Waals surface area contributed by atoms with E-state index in [0.29, 0.717) is 9.77 Å². The Hall–Kier alpha value is -1.66. The SMILES string of the molecule is CC(C)(C)C(=O)NC[C@H](c1ccccc1)S(=O)(=O)c1cccs1. The number of sulfone groups is 1. The Bertz CT molecular complexity index is 745. The molecule has 0 unspecified atom stereocenters. The summed E-state index contributed by atoms with van der Waals surface area (Å²) in [6, 6.07) is 12.3. The number of nitrogens with one attached hydrogen (secondary N) is 1. The molecule has 0 aliphatic heterocycles. The lowest BCUT2D eigenvalue weighted by atomic mass is 9.95. The van der Waals surface area contributed by atoms with Gasteiger partial charge in [0.1, 0.15) is 9.46 Å². The van der Waals surface area contributed by atoms with Crippen molar-refractivity contribution in [3.63, 3.8) is 0 Å². The molecule has 23 heavy (non-hydrogen) atoms. The summed E-state index contributed by atoms with van der Waals surface area (Å²) >= 11 is 1.19. The van der Waals surface area contributed by atoms with Gasteiger partial charge in [0.05, 0.1) is 0 Å². The fraction of sp³-hybridized carbons (Fsp3) is 0.353. The molecule has 0 aliphatic rings. The lowest BCUT2D eigenvalue weighted by molar-refractivity contribution is -0.128. The first-order valence-electron chi connectivity index (χ1n) is 7.33. The van der Waals surface area contributed by atoms with Crippen LogP contribution in [0, 0.1) is 5.41 Å². The molecule has 0 fully saturated rings.